The van der Waals surface area contributed by atoms with Crippen LogP contribution in [0, 0.1) is 0 Å². The zero-order valence-corrected chi connectivity index (χ0v) is 11.5. The third-order valence-corrected chi connectivity index (χ3v) is 2.48. The molecule has 2 rings (SSSR count). The van der Waals surface area contributed by atoms with E-state index in [-0.39, 0.29) is 18.1 Å². The van der Waals surface area contributed by atoms with E-state index in [2.05, 4.69) is 37.6 Å². The Morgan fingerprint density at radius 3 is 2.95 bits per heavy atom. The van der Waals surface area contributed by atoms with Crippen LogP contribution in [0.15, 0.2) is 18.7 Å². The van der Waals surface area contributed by atoms with Gasteiger partial charge in [0.1, 0.15) is 17.8 Å². The van der Waals surface area contributed by atoms with Crippen molar-refractivity contribution in [1.82, 2.24) is 30.0 Å². The molecule has 20 heavy (non-hydrogen) atoms. The molecule has 0 bridgehead atoms. The highest BCUT2D eigenvalue weighted by molar-refractivity contribution is 5.92. The van der Waals surface area contributed by atoms with E-state index in [4.69, 9.17) is 0 Å². The first-order valence-corrected chi connectivity index (χ1v) is 6.37. The fourth-order valence-corrected chi connectivity index (χ4v) is 1.53. The number of rotatable bonds is 6. The number of carbonyl (C=O) groups is 1. The Balaban J connectivity index is 1.94. The average molecular weight is 275 g/mol. The van der Waals surface area contributed by atoms with Gasteiger partial charge < -0.3 is 10.6 Å². The second kappa shape index (κ2) is 6.60. The third kappa shape index (κ3) is 3.74. The van der Waals surface area contributed by atoms with E-state index >= 15 is 0 Å². The Labute approximate surface area is 116 Å². The molecule has 8 nitrogen and oxygen atoms in total. The molecule has 0 saturated heterocycles. The molecule has 0 fully saturated rings. The maximum Gasteiger partial charge on any atom is 0.271 e. The Hall–Kier alpha value is -2.51. The van der Waals surface area contributed by atoms with Crippen LogP contribution in [0.1, 0.15) is 29.7 Å². The minimum absolute atomic E-state index is 0.258. The molecule has 0 atom stereocenters. The Kier molecular flexibility index (Phi) is 4.59. The fourth-order valence-electron chi connectivity index (χ4n) is 1.53. The zero-order valence-electron chi connectivity index (χ0n) is 11.5. The van der Waals surface area contributed by atoms with Gasteiger partial charge in [0, 0.05) is 13.6 Å². The number of hydrogen-bond donors (Lipinski definition) is 2. The summed E-state index contributed by atoms with van der Waals surface area (Å²) in [5.41, 5.74) is 0.266. The normalized spacial score (nSPS) is 10.3. The first kappa shape index (κ1) is 13.9. The van der Waals surface area contributed by atoms with E-state index in [9.17, 15) is 4.79 Å². The van der Waals surface area contributed by atoms with Crippen LogP contribution in [-0.4, -0.2) is 37.2 Å². The molecular formula is C12H17N7O. The summed E-state index contributed by atoms with van der Waals surface area (Å²) < 4.78 is 1.58. The van der Waals surface area contributed by atoms with Crippen molar-refractivity contribution >= 4 is 11.7 Å². The summed E-state index contributed by atoms with van der Waals surface area (Å²) in [6.07, 6.45) is 5.57. The van der Waals surface area contributed by atoms with Crippen molar-refractivity contribution < 1.29 is 4.79 Å². The molecule has 0 spiro atoms. The predicted octanol–water partition coefficient (Wildman–Crippen LogP) is 0.357. The minimum Gasteiger partial charge on any atom is -0.369 e. The summed E-state index contributed by atoms with van der Waals surface area (Å²) in [5.74, 6) is 0.842. The molecule has 2 aromatic rings. The standard InChI is InChI=1S/C12H17N7O/c1-3-4-14-10-6-13-5-9(17-10)12(20)15-7-11-16-8-19(2)18-11/h5-6,8H,3-4,7H2,1-2H3,(H,14,17)(H,15,20). The lowest BCUT2D eigenvalue weighted by molar-refractivity contribution is 0.0944. The van der Waals surface area contributed by atoms with Gasteiger partial charge in [-0.15, -0.1) is 0 Å². The molecule has 2 N–H and O–H groups in total. The largest absolute Gasteiger partial charge is 0.369 e. The zero-order chi connectivity index (χ0) is 14.4. The van der Waals surface area contributed by atoms with Crippen molar-refractivity contribution in [2.45, 2.75) is 19.9 Å². The molecule has 0 aromatic carbocycles. The lowest BCUT2D eigenvalue weighted by atomic mass is 10.4. The SMILES string of the molecule is CCCNc1cncc(C(=O)NCc2ncn(C)n2)n1. The van der Waals surface area contributed by atoms with Crippen molar-refractivity contribution in [2.75, 3.05) is 11.9 Å². The molecule has 0 aliphatic rings. The molecule has 106 valence electrons. The van der Waals surface area contributed by atoms with Crippen LogP contribution in [-0.2, 0) is 13.6 Å². The molecule has 0 saturated carbocycles. The average Bonchev–Trinajstić information content (AvgIpc) is 2.88. The summed E-state index contributed by atoms with van der Waals surface area (Å²) in [6.45, 7) is 3.10. The van der Waals surface area contributed by atoms with Gasteiger partial charge in [0.05, 0.1) is 18.9 Å². The molecule has 0 aliphatic carbocycles. The lowest BCUT2D eigenvalue weighted by Crippen LogP contribution is -2.25. The highest BCUT2D eigenvalue weighted by Gasteiger charge is 2.09. The van der Waals surface area contributed by atoms with Gasteiger partial charge in [0.25, 0.3) is 5.91 Å². The second-order valence-electron chi connectivity index (χ2n) is 4.23. The van der Waals surface area contributed by atoms with Crippen molar-refractivity contribution in [3.05, 3.63) is 30.2 Å². The van der Waals surface area contributed by atoms with Gasteiger partial charge in [-0.3, -0.25) is 14.5 Å². The molecule has 1 amide bonds. The van der Waals surface area contributed by atoms with Crippen LogP contribution in [0.2, 0.25) is 0 Å². The van der Waals surface area contributed by atoms with Crippen LogP contribution in [0.3, 0.4) is 0 Å². The van der Waals surface area contributed by atoms with E-state index in [0.717, 1.165) is 13.0 Å². The first-order valence-electron chi connectivity index (χ1n) is 6.37. The Bertz CT molecular complexity index is 581. The highest BCUT2D eigenvalue weighted by atomic mass is 16.1. The third-order valence-electron chi connectivity index (χ3n) is 2.48. The van der Waals surface area contributed by atoms with Crippen molar-refractivity contribution in [3.63, 3.8) is 0 Å². The predicted molar refractivity (Wildman–Crippen MR) is 73.0 cm³/mol. The quantitative estimate of drug-likeness (QED) is 0.790. The first-order chi connectivity index (χ1) is 9.69. The molecular weight excluding hydrogens is 258 g/mol. The highest BCUT2D eigenvalue weighted by Crippen LogP contribution is 2.02. The minimum atomic E-state index is -0.301. The summed E-state index contributed by atoms with van der Waals surface area (Å²) in [4.78, 5) is 24.2. The molecule has 2 aromatic heterocycles. The monoisotopic (exact) mass is 275 g/mol. The van der Waals surface area contributed by atoms with Gasteiger partial charge in [0.2, 0.25) is 0 Å². The second-order valence-corrected chi connectivity index (χ2v) is 4.23. The maximum atomic E-state index is 11.9. The van der Waals surface area contributed by atoms with E-state index in [1.165, 1.54) is 6.20 Å². The fraction of sp³-hybridized carbons (Fsp3) is 0.417. The summed E-state index contributed by atoms with van der Waals surface area (Å²) >= 11 is 0. The van der Waals surface area contributed by atoms with Crippen LogP contribution < -0.4 is 10.6 Å². The number of carbonyl (C=O) groups excluding carboxylic acids is 1. The number of aryl methyl sites for hydroxylation is 1. The van der Waals surface area contributed by atoms with E-state index < -0.39 is 0 Å². The van der Waals surface area contributed by atoms with Crippen LogP contribution in [0.5, 0.6) is 0 Å². The van der Waals surface area contributed by atoms with E-state index in [0.29, 0.717) is 11.6 Å². The summed E-state index contributed by atoms with van der Waals surface area (Å²) in [6, 6.07) is 0. The van der Waals surface area contributed by atoms with Crippen molar-refractivity contribution in [1.29, 1.82) is 0 Å². The Morgan fingerprint density at radius 1 is 1.40 bits per heavy atom. The smallest absolute Gasteiger partial charge is 0.271 e. The van der Waals surface area contributed by atoms with Crippen LogP contribution in [0.25, 0.3) is 0 Å². The number of nitrogens with zero attached hydrogens (tertiary/aromatic N) is 5. The van der Waals surface area contributed by atoms with Crippen LogP contribution in [0.4, 0.5) is 5.82 Å². The topological polar surface area (TPSA) is 97.6 Å². The summed E-state index contributed by atoms with van der Waals surface area (Å²) in [7, 11) is 1.77. The number of hydrogen-bond acceptors (Lipinski definition) is 6. The number of amides is 1. The molecule has 2 heterocycles. The molecule has 0 aliphatic heterocycles. The maximum absolute atomic E-state index is 11.9. The molecule has 8 heteroatoms. The van der Waals surface area contributed by atoms with Gasteiger partial charge in [0.15, 0.2) is 5.82 Å². The van der Waals surface area contributed by atoms with Gasteiger partial charge >= 0.3 is 0 Å². The van der Waals surface area contributed by atoms with E-state index in [1.807, 2.05) is 0 Å². The summed E-state index contributed by atoms with van der Waals surface area (Å²) in [5, 5.41) is 9.87. The number of nitrogens with one attached hydrogen (secondary N) is 2. The van der Waals surface area contributed by atoms with Gasteiger partial charge in [-0.25, -0.2) is 9.97 Å². The molecule has 0 radical (unpaired) electrons. The van der Waals surface area contributed by atoms with Crippen molar-refractivity contribution in [3.8, 4) is 0 Å². The van der Waals surface area contributed by atoms with Gasteiger partial charge in [-0.1, -0.05) is 6.92 Å². The van der Waals surface area contributed by atoms with Gasteiger partial charge in [-0.2, -0.15) is 5.10 Å². The Morgan fingerprint density at radius 2 is 2.25 bits per heavy atom. The van der Waals surface area contributed by atoms with Crippen molar-refractivity contribution in [2.24, 2.45) is 7.05 Å². The number of aromatic nitrogens is 5. The van der Waals surface area contributed by atoms with E-state index in [1.54, 1.807) is 24.3 Å². The van der Waals surface area contributed by atoms with Gasteiger partial charge in [-0.05, 0) is 6.42 Å². The molecule has 0 unspecified atom stereocenters. The lowest BCUT2D eigenvalue weighted by Gasteiger charge is -2.05. The number of anilines is 1. The van der Waals surface area contributed by atoms with Crippen LogP contribution >= 0.6 is 0 Å².